The van der Waals surface area contributed by atoms with Crippen molar-refractivity contribution >= 4 is 11.3 Å². The molecule has 0 bridgehead atoms. The summed E-state index contributed by atoms with van der Waals surface area (Å²) in [6.07, 6.45) is 3.13. The Balaban J connectivity index is 1.51. The highest BCUT2D eigenvalue weighted by atomic mass is 32.1. The molecule has 2 unspecified atom stereocenters. The molecule has 2 rings (SSSR count). The molecule has 0 aliphatic heterocycles. The summed E-state index contributed by atoms with van der Waals surface area (Å²) >= 11 is 1.67. The number of nitrogens with zero attached hydrogens (tertiary/aromatic N) is 1. The normalized spacial score (nSPS) is 18.5. The SMILES string of the molecule is Cc1ncsc1CCOCC(O)CNC(C)C1CC1. The lowest BCUT2D eigenvalue weighted by Crippen LogP contribution is -2.37. The van der Waals surface area contributed by atoms with Crippen LogP contribution in [0.2, 0.25) is 0 Å². The van der Waals surface area contributed by atoms with Gasteiger partial charge in [0.2, 0.25) is 0 Å². The van der Waals surface area contributed by atoms with Gasteiger partial charge in [-0.25, -0.2) is 4.98 Å². The van der Waals surface area contributed by atoms with Crippen LogP contribution in [0.15, 0.2) is 5.51 Å². The van der Waals surface area contributed by atoms with Crippen molar-refractivity contribution in [3.05, 3.63) is 16.1 Å². The predicted molar refractivity (Wildman–Crippen MR) is 77.6 cm³/mol. The third kappa shape index (κ3) is 5.18. The topological polar surface area (TPSA) is 54.4 Å². The van der Waals surface area contributed by atoms with Gasteiger partial charge in [0.15, 0.2) is 0 Å². The molecular weight excluding hydrogens is 260 g/mol. The Bertz CT molecular complexity index is 379. The van der Waals surface area contributed by atoms with Crippen LogP contribution in [-0.2, 0) is 11.2 Å². The first kappa shape index (κ1) is 14.9. The summed E-state index contributed by atoms with van der Waals surface area (Å²) in [6, 6.07) is 0.523. The van der Waals surface area contributed by atoms with Crippen molar-refractivity contribution < 1.29 is 9.84 Å². The number of hydrogen-bond acceptors (Lipinski definition) is 5. The van der Waals surface area contributed by atoms with Crippen molar-refractivity contribution in [2.75, 3.05) is 19.8 Å². The highest BCUT2D eigenvalue weighted by Gasteiger charge is 2.27. The van der Waals surface area contributed by atoms with Gasteiger partial charge >= 0.3 is 0 Å². The van der Waals surface area contributed by atoms with Crippen LogP contribution in [0.5, 0.6) is 0 Å². The van der Waals surface area contributed by atoms with Crippen molar-refractivity contribution in [2.24, 2.45) is 5.92 Å². The third-order valence-electron chi connectivity index (χ3n) is 3.63. The Morgan fingerprint density at radius 2 is 2.37 bits per heavy atom. The van der Waals surface area contributed by atoms with Gasteiger partial charge in [-0.2, -0.15) is 0 Å². The molecule has 2 N–H and O–H groups in total. The lowest BCUT2D eigenvalue weighted by Gasteiger charge is -2.16. The van der Waals surface area contributed by atoms with Gasteiger partial charge in [-0.3, -0.25) is 0 Å². The van der Waals surface area contributed by atoms with E-state index in [1.165, 1.54) is 17.7 Å². The molecule has 0 spiro atoms. The molecule has 108 valence electrons. The molecule has 1 heterocycles. The lowest BCUT2D eigenvalue weighted by molar-refractivity contribution is 0.0370. The van der Waals surface area contributed by atoms with Crippen LogP contribution in [0.3, 0.4) is 0 Å². The summed E-state index contributed by atoms with van der Waals surface area (Å²) in [5.41, 5.74) is 2.96. The number of ether oxygens (including phenoxy) is 1. The molecule has 0 saturated heterocycles. The maximum Gasteiger partial charge on any atom is 0.0897 e. The fraction of sp³-hybridized carbons (Fsp3) is 0.786. The molecule has 0 radical (unpaired) electrons. The van der Waals surface area contributed by atoms with E-state index in [0.29, 0.717) is 25.8 Å². The van der Waals surface area contributed by atoms with Gasteiger partial charge in [0.25, 0.3) is 0 Å². The fourth-order valence-electron chi connectivity index (χ4n) is 2.09. The third-order valence-corrected chi connectivity index (χ3v) is 4.63. The quantitative estimate of drug-likeness (QED) is 0.679. The number of aliphatic hydroxyl groups is 1. The van der Waals surface area contributed by atoms with Crippen LogP contribution in [0.25, 0.3) is 0 Å². The summed E-state index contributed by atoms with van der Waals surface area (Å²) in [5.74, 6) is 0.822. The molecule has 19 heavy (non-hydrogen) atoms. The van der Waals surface area contributed by atoms with E-state index in [-0.39, 0.29) is 0 Å². The van der Waals surface area contributed by atoms with E-state index in [2.05, 4.69) is 17.2 Å². The number of aliphatic hydroxyl groups excluding tert-OH is 1. The Kier molecular flexibility index (Phi) is 5.76. The van der Waals surface area contributed by atoms with Gasteiger partial charge in [-0.15, -0.1) is 11.3 Å². The van der Waals surface area contributed by atoms with Gasteiger partial charge in [-0.1, -0.05) is 0 Å². The highest BCUT2D eigenvalue weighted by molar-refractivity contribution is 7.09. The van der Waals surface area contributed by atoms with E-state index >= 15 is 0 Å². The molecule has 5 heteroatoms. The van der Waals surface area contributed by atoms with E-state index < -0.39 is 6.10 Å². The molecule has 0 aromatic carbocycles. The minimum Gasteiger partial charge on any atom is -0.389 e. The average Bonchev–Trinajstić information content (AvgIpc) is 3.16. The van der Waals surface area contributed by atoms with Gasteiger partial charge in [0.1, 0.15) is 0 Å². The first-order valence-electron chi connectivity index (χ1n) is 7.05. The van der Waals surface area contributed by atoms with Crippen LogP contribution in [0.4, 0.5) is 0 Å². The minimum atomic E-state index is -0.413. The van der Waals surface area contributed by atoms with Crippen molar-refractivity contribution in [1.29, 1.82) is 0 Å². The molecule has 4 nitrogen and oxygen atoms in total. The molecule has 2 atom stereocenters. The molecule has 1 aromatic rings. The summed E-state index contributed by atoms with van der Waals surface area (Å²) in [5, 5.41) is 13.2. The number of rotatable bonds is 9. The number of thiazole rings is 1. The van der Waals surface area contributed by atoms with Crippen molar-refractivity contribution in [3.8, 4) is 0 Å². The van der Waals surface area contributed by atoms with Crippen LogP contribution >= 0.6 is 11.3 Å². The Labute approximate surface area is 119 Å². The zero-order valence-corrected chi connectivity index (χ0v) is 12.6. The largest absolute Gasteiger partial charge is 0.389 e. The first-order valence-corrected chi connectivity index (χ1v) is 7.93. The van der Waals surface area contributed by atoms with Crippen LogP contribution < -0.4 is 5.32 Å². The standard InChI is InChI=1S/C14H24N2O2S/c1-10(12-3-4-12)15-7-13(17)8-18-6-5-14-11(2)16-9-19-14/h9-10,12-13,15,17H,3-8H2,1-2H3. The van der Waals surface area contributed by atoms with Crippen LogP contribution in [0, 0.1) is 12.8 Å². The second-order valence-corrected chi connectivity index (χ2v) is 6.31. The van der Waals surface area contributed by atoms with Crippen molar-refractivity contribution in [2.45, 2.75) is 45.3 Å². The lowest BCUT2D eigenvalue weighted by atomic mass is 10.2. The first-order chi connectivity index (χ1) is 9.16. The van der Waals surface area contributed by atoms with E-state index in [4.69, 9.17) is 4.74 Å². The predicted octanol–water partition coefficient (Wildman–Crippen LogP) is 1.76. The maximum absolute atomic E-state index is 9.81. The number of aryl methyl sites for hydroxylation is 1. The molecule has 1 saturated carbocycles. The van der Waals surface area contributed by atoms with Gasteiger partial charge in [0.05, 0.1) is 30.5 Å². The zero-order chi connectivity index (χ0) is 13.7. The van der Waals surface area contributed by atoms with Gasteiger partial charge in [-0.05, 0) is 32.6 Å². The summed E-state index contributed by atoms with van der Waals surface area (Å²) in [4.78, 5) is 5.48. The molecule has 0 amide bonds. The van der Waals surface area contributed by atoms with Gasteiger partial charge in [0, 0.05) is 23.9 Å². The Morgan fingerprint density at radius 3 is 3.00 bits per heavy atom. The highest BCUT2D eigenvalue weighted by Crippen LogP contribution is 2.32. The zero-order valence-electron chi connectivity index (χ0n) is 11.8. The molecule has 1 aliphatic rings. The second-order valence-electron chi connectivity index (χ2n) is 5.37. The minimum absolute atomic E-state index is 0.405. The molecule has 1 fully saturated rings. The van der Waals surface area contributed by atoms with E-state index in [0.717, 1.165) is 18.0 Å². The summed E-state index contributed by atoms with van der Waals surface area (Å²) < 4.78 is 5.52. The van der Waals surface area contributed by atoms with Crippen molar-refractivity contribution in [3.63, 3.8) is 0 Å². The average molecular weight is 284 g/mol. The molecule has 1 aromatic heterocycles. The Morgan fingerprint density at radius 1 is 1.58 bits per heavy atom. The number of hydrogen-bond donors (Lipinski definition) is 2. The number of aromatic nitrogens is 1. The monoisotopic (exact) mass is 284 g/mol. The fourth-order valence-corrected chi connectivity index (χ4v) is 2.86. The van der Waals surface area contributed by atoms with E-state index in [9.17, 15) is 5.11 Å². The van der Waals surface area contributed by atoms with Crippen LogP contribution in [-0.4, -0.2) is 42.0 Å². The van der Waals surface area contributed by atoms with E-state index in [1.54, 1.807) is 11.3 Å². The smallest absolute Gasteiger partial charge is 0.0897 e. The number of nitrogens with one attached hydrogen (secondary N) is 1. The Hall–Kier alpha value is -0.490. The van der Waals surface area contributed by atoms with Gasteiger partial charge < -0.3 is 15.2 Å². The van der Waals surface area contributed by atoms with Crippen molar-refractivity contribution in [1.82, 2.24) is 10.3 Å². The summed E-state index contributed by atoms with van der Waals surface area (Å²) in [6.45, 7) is 5.89. The van der Waals surface area contributed by atoms with E-state index in [1.807, 2.05) is 12.4 Å². The maximum atomic E-state index is 9.81. The summed E-state index contributed by atoms with van der Waals surface area (Å²) in [7, 11) is 0. The molecular formula is C14H24N2O2S. The molecule has 1 aliphatic carbocycles. The second kappa shape index (κ2) is 7.33. The van der Waals surface area contributed by atoms with Crippen LogP contribution in [0.1, 0.15) is 30.3 Å².